The molecule has 4 rings (SSSR count). The first kappa shape index (κ1) is 23.2. The fraction of sp³-hybridized carbons (Fsp3) is 0.261. The number of ether oxygens (including phenoxy) is 1. The number of halogens is 1. The van der Waals surface area contributed by atoms with E-state index >= 15 is 0 Å². The van der Waals surface area contributed by atoms with Crippen LogP contribution in [0.5, 0.6) is 5.75 Å². The fourth-order valence-electron chi connectivity index (χ4n) is 3.81. The van der Waals surface area contributed by atoms with Crippen molar-refractivity contribution in [3.8, 4) is 5.75 Å². The molecule has 1 saturated heterocycles. The number of benzene rings is 2. The molecule has 10 heteroatoms. The van der Waals surface area contributed by atoms with Crippen LogP contribution in [0.3, 0.4) is 0 Å². The van der Waals surface area contributed by atoms with Crippen LogP contribution in [-0.4, -0.2) is 56.7 Å². The minimum Gasteiger partial charge on any atom is -0.497 e. The van der Waals surface area contributed by atoms with E-state index in [4.69, 9.17) is 16.3 Å². The number of nitrogens with zero attached hydrogens (tertiary/aromatic N) is 1. The van der Waals surface area contributed by atoms with Crippen LogP contribution in [0, 0.1) is 0 Å². The Morgan fingerprint density at radius 2 is 1.85 bits per heavy atom. The summed E-state index contributed by atoms with van der Waals surface area (Å²) in [4.78, 5) is 38.3. The Hall–Kier alpha value is -3.01. The van der Waals surface area contributed by atoms with E-state index in [2.05, 4.69) is 5.32 Å². The smallest absolute Gasteiger partial charge is 0.353 e. The number of amides is 2. The SMILES string of the molecule is COc1ccc(CC2S[C@@H]3C(NC(=O)[C@H](O)c4ccccc4)C(=O)N3C(C(=O)O)=C2Cl)cc1. The third kappa shape index (κ3) is 4.44. The van der Waals surface area contributed by atoms with Gasteiger partial charge in [-0.25, -0.2) is 4.79 Å². The number of aliphatic carboxylic acids is 1. The lowest BCUT2D eigenvalue weighted by atomic mass is 10.0. The predicted octanol–water partition coefficient (Wildman–Crippen LogP) is 2.27. The van der Waals surface area contributed by atoms with Crippen molar-refractivity contribution in [3.63, 3.8) is 0 Å². The first-order valence-corrected chi connectivity index (χ1v) is 11.4. The predicted molar refractivity (Wildman–Crippen MR) is 123 cm³/mol. The summed E-state index contributed by atoms with van der Waals surface area (Å²) < 4.78 is 5.16. The molecule has 8 nitrogen and oxygen atoms in total. The number of carbonyl (C=O) groups is 3. The number of thioether (sulfide) groups is 1. The first-order chi connectivity index (χ1) is 15.8. The summed E-state index contributed by atoms with van der Waals surface area (Å²) in [6.45, 7) is 0. The van der Waals surface area contributed by atoms with Crippen molar-refractivity contribution in [3.05, 3.63) is 76.5 Å². The van der Waals surface area contributed by atoms with Gasteiger partial charge in [-0.1, -0.05) is 54.1 Å². The van der Waals surface area contributed by atoms with Gasteiger partial charge in [-0.2, -0.15) is 0 Å². The van der Waals surface area contributed by atoms with E-state index in [0.717, 1.165) is 10.5 Å². The maximum Gasteiger partial charge on any atom is 0.353 e. The molecular weight excluding hydrogens is 468 g/mol. The monoisotopic (exact) mass is 488 g/mol. The van der Waals surface area contributed by atoms with Crippen molar-refractivity contribution < 1.29 is 29.3 Å². The lowest BCUT2D eigenvalue weighted by Gasteiger charge is -2.50. The zero-order valence-corrected chi connectivity index (χ0v) is 19.0. The standard InChI is InChI=1S/C23H21ClN2O6S/c1-32-14-9-7-12(8-10-14)11-15-16(24)18(23(30)31)26-21(29)17(22(26)33-15)25-20(28)19(27)13-5-3-2-4-6-13/h2-10,15,17,19,22,27H,11H2,1H3,(H,25,28)(H,30,31)/t15?,17?,19-,22-/m1/s1. The number of aliphatic hydroxyl groups is 1. The second kappa shape index (κ2) is 9.46. The lowest BCUT2D eigenvalue weighted by Crippen LogP contribution is -2.71. The van der Waals surface area contributed by atoms with Crippen LogP contribution in [0.2, 0.25) is 0 Å². The number of carboxylic acids is 1. The van der Waals surface area contributed by atoms with Crippen LogP contribution in [0.4, 0.5) is 0 Å². The summed E-state index contributed by atoms with van der Waals surface area (Å²) in [6.07, 6.45) is -1.02. The number of nitrogens with one attached hydrogen (secondary N) is 1. The van der Waals surface area contributed by atoms with Crippen LogP contribution in [-0.2, 0) is 20.8 Å². The molecule has 33 heavy (non-hydrogen) atoms. The largest absolute Gasteiger partial charge is 0.497 e. The Labute approximate surface area is 199 Å². The van der Waals surface area contributed by atoms with Crippen molar-refractivity contribution in [2.45, 2.75) is 29.2 Å². The maximum absolute atomic E-state index is 12.7. The van der Waals surface area contributed by atoms with Gasteiger partial charge in [0.2, 0.25) is 0 Å². The van der Waals surface area contributed by atoms with Crippen molar-refractivity contribution in [1.29, 1.82) is 0 Å². The Morgan fingerprint density at radius 3 is 2.45 bits per heavy atom. The minimum atomic E-state index is -1.45. The van der Waals surface area contributed by atoms with E-state index in [9.17, 15) is 24.6 Å². The summed E-state index contributed by atoms with van der Waals surface area (Å²) >= 11 is 7.73. The van der Waals surface area contributed by atoms with Crippen molar-refractivity contribution >= 4 is 41.1 Å². The zero-order chi connectivity index (χ0) is 23.7. The number of carboxylic acid groups (broad SMARTS) is 1. The number of fused-ring (bicyclic) bond motifs is 1. The zero-order valence-electron chi connectivity index (χ0n) is 17.5. The average Bonchev–Trinajstić information content (AvgIpc) is 2.83. The molecule has 2 aliphatic rings. The van der Waals surface area contributed by atoms with Gasteiger partial charge in [0.1, 0.15) is 22.9 Å². The third-order valence-corrected chi connectivity index (χ3v) is 7.61. The molecule has 0 aliphatic carbocycles. The topological polar surface area (TPSA) is 116 Å². The molecule has 2 heterocycles. The molecule has 2 aliphatic heterocycles. The summed E-state index contributed by atoms with van der Waals surface area (Å²) in [5, 5.41) is 21.6. The van der Waals surface area contributed by atoms with Gasteiger partial charge in [-0.3, -0.25) is 14.5 Å². The second-order valence-corrected chi connectivity index (χ2v) is 9.31. The molecule has 0 spiro atoms. The van der Waals surface area contributed by atoms with Crippen LogP contribution in [0.15, 0.2) is 65.3 Å². The number of carbonyl (C=O) groups excluding carboxylic acids is 2. The molecule has 1 fully saturated rings. The Balaban J connectivity index is 1.53. The van der Waals surface area contributed by atoms with Gasteiger partial charge in [-0.05, 0) is 29.7 Å². The molecule has 2 aromatic rings. The highest BCUT2D eigenvalue weighted by atomic mass is 35.5. The highest BCUT2D eigenvalue weighted by Crippen LogP contribution is 2.46. The number of rotatable bonds is 7. The van der Waals surface area contributed by atoms with Crippen LogP contribution in [0.1, 0.15) is 17.2 Å². The fourth-order valence-corrected chi connectivity index (χ4v) is 5.74. The highest BCUT2D eigenvalue weighted by molar-refractivity contribution is 8.01. The van der Waals surface area contributed by atoms with Crippen LogP contribution >= 0.6 is 23.4 Å². The van der Waals surface area contributed by atoms with E-state index in [-0.39, 0.29) is 10.7 Å². The Bertz CT molecular complexity index is 1110. The van der Waals surface area contributed by atoms with E-state index in [1.54, 1.807) is 49.6 Å². The van der Waals surface area contributed by atoms with Gasteiger partial charge in [0.15, 0.2) is 6.10 Å². The minimum absolute atomic E-state index is 0.0713. The first-order valence-electron chi connectivity index (χ1n) is 10.1. The van der Waals surface area contributed by atoms with Gasteiger partial charge in [0.25, 0.3) is 11.8 Å². The molecule has 0 saturated carbocycles. The second-order valence-electron chi connectivity index (χ2n) is 7.58. The number of methoxy groups -OCH3 is 1. The number of aliphatic hydroxyl groups excluding tert-OH is 1. The number of β-lactam (4-membered cyclic amide) rings is 1. The van der Waals surface area contributed by atoms with E-state index in [1.165, 1.54) is 11.8 Å². The van der Waals surface area contributed by atoms with Crippen molar-refractivity contribution in [2.24, 2.45) is 0 Å². The molecule has 2 unspecified atom stereocenters. The summed E-state index contributed by atoms with van der Waals surface area (Å²) in [7, 11) is 1.57. The molecule has 2 amide bonds. The number of hydrogen-bond acceptors (Lipinski definition) is 6. The molecule has 2 aromatic carbocycles. The van der Waals surface area contributed by atoms with Crippen molar-refractivity contribution in [2.75, 3.05) is 7.11 Å². The molecule has 3 N–H and O–H groups in total. The highest BCUT2D eigenvalue weighted by Gasteiger charge is 2.56. The van der Waals surface area contributed by atoms with Gasteiger partial charge < -0.3 is 20.3 Å². The van der Waals surface area contributed by atoms with Crippen LogP contribution < -0.4 is 10.1 Å². The molecule has 0 aromatic heterocycles. The molecular formula is C23H21ClN2O6S. The van der Waals surface area contributed by atoms with Gasteiger partial charge in [-0.15, -0.1) is 11.8 Å². The normalized spacial score (nSPS) is 22.8. The maximum atomic E-state index is 12.7. The van der Waals surface area contributed by atoms with Gasteiger partial charge >= 0.3 is 5.97 Å². The summed E-state index contributed by atoms with van der Waals surface area (Å²) in [5.41, 5.74) is 1.02. The third-order valence-electron chi connectivity index (χ3n) is 5.54. The Kier molecular flexibility index (Phi) is 6.64. The van der Waals surface area contributed by atoms with Gasteiger partial charge in [0.05, 0.1) is 12.1 Å². The molecule has 0 radical (unpaired) electrons. The van der Waals surface area contributed by atoms with Crippen molar-refractivity contribution in [1.82, 2.24) is 10.2 Å². The number of hydrogen-bond donors (Lipinski definition) is 3. The van der Waals surface area contributed by atoms with E-state index < -0.39 is 40.6 Å². The van der Waals surface area contributed by atoms with Gasteiger partial charge in [0, 0.05) is 5.25 Å². The molecule has 172 valence electrons. The average molecular weight is 489 g/mol. The Morgan fingerprint density at radius 1 is 1.18 bits per heavy atom. The molecule has 4 atom stereocenters. The molecule has 0 bridgehead atoms. The quantitative estimate of drug-likeness (QED) is 0.512. The summed E-state index contributed by atoms with van der Waals surface area (Å²) in [6, 6.07) is 14.7. The van der Waals surface area contributed by atoms with Crippen LogP contribution in [0.25, 0.3) is 0 Å². The lowest BCUT2D eigenvalue weighted by molar-refractivity contribution is -0.151. The summed E-state index contributed by atoms with van der Waals surface area (Å²) in [5.74, 6) is -1.94. The van der Waals surface area contributed by atoms with E-state index in [1.807, 2.05) is 12.1 Å². The van der Waals surface area contributed by atoms with E-state index in [0.29, 0.717) is 17.7 Å².